The molecule has 16 heteroatoms. The lowest BCUT2D eigenvalue weighted by Crippen LogP contribution is -2.71. The van der Waals surface area contributed by atoms with Gasteiger partial charge in [-0.25, -0.2) is 9.78 Å². The minimum Gasteiger partial charge on any atom is -0.477 e. The van der Waals surface area contributed by atoms with Crippen molar-refractivity contribution in [1.82, 2.24) is 15.2 Å². The number of fused-ring (bicyclic) bond motifs is 1. The molecule has 182 valence electrons. The standard InChI is InChI=1S/C19H17N5O7S3.Mg.2H/c1-30-23-11(9-7-34-19(20)21-9)14(25)22-12-15(26)24-13(17(27)28)8(5-32-16(12)24)6-33-18(29)10-3-2-4-31-10;;;/h2-4,7,12,16H,5-6H2,1H3,(H2,20,21)(H,22,25)(H,27,28);;;/b23-11-;;;/t12-,16-;;;/m1.../s1. The molecule has 2 aliphatic heterocycles. The molecule has 2 amide bonds. The van der Waals surface area contributed by atoms with Gasteiger partial charge in [-0.05, 0) is 17.7 Å². The molecule has 12 nitrogen and oxygen atoms in total. The molecule has 0 aromatic carbocycles. The number of carbonyl (C=O) groups excluding carboxylic acids is 3. The van der Waals surface area contributed by atoms with Crippen LogP contribution in [0.2, 0.25) is 0 Å². The van der Waals surface area contributed by atoms with Gasteiger partial charge in [0.2, 0.25) is 0 Å². The number of oxime groups is 1. The fourth-order valence-corrected chi connectivity index (χ4v) is 6.14. The van der Waals surface area contributed by atoms with Crippen LogP contribution in [0.25, 0.3) is 0 Å². The number of β-lactam (4-membered cyclic amide) rings is 1. The second-order valence-electron chi connectivity index (χ2n) is 6.87. The van der Waals surface area contributed by atoms with E-state index in [1.807, 2.05) is 0 Å². The summed E-state index contributed by atoms with van der Waals surface area (Å²) in [5.74, 6) is -2.08. The smallest absolute Gasteiger partial charge is 0.352 e. The zero-order valence-electron chi connectivity index (χ0n) is 17.4. The third kappa shape index (κ3) is 5.50. The summed E-state index contributed by atoms with van der Waals surface area (Å²) in [7, 11) is 1.26. The number of nitrogens with one attached hydrogen (secondary N) is 1. The van der Waals surface area contributed by atoms with E-state index in [2.05, 4.69) is 15.5 Å². The van der Waals surface area contributed by atoms with Gasteiger partial charge >= 0.3 is 29.0 Å². The summed E-state index contributed by atoms with van der Waals surface area (Å²) in [6, 6.07) is 2.13. The van der Waals surface area contributed by atoms with Crippen LogP contribution >= 0.6 is 34.9 Å². The number of nitrogens with zero attached hydrogens (tertiary/aromatic N) is 3. The van der Waals surface area contributed by atoms with E-state index >= 15 is 0 Å². The highest BCUT2D eigenvalue weighted by Gasteiger charge is 2.54. The van der Waals surface area contributed by atoms with E-state index in [1.54, 1.807) is 6.07 Å². The van der Waals surface area contributed by atoms with Crippen LogP contribution in [-0.2, 0) is 19.2 Å². The Labute approximate surface area is 226 Å². The van der Waals surface area contributed by atoms with Gasteiger partial charge in [-0.15, -0.1) is 23.1 Å². The minimum atomic E-state index is -1.29. The Balaban J connectivity index is 0.00000342. The molecule has 35 heavy (non-hydrogen) atoms. The number of amides is 2. The van der Waals surface area contributed by atoms with Gasteiger partial charge in [-0.1, -0.05) is 16.9 Å². The Morgan fingerprint density at radius 3 is 2.83 bits per heavy atom. The van der Waals surface area contributed by atoms with Crippen molar-refractivity contribution in [1.29, 1.82) is 0 Å². The predicted molar refractivity (Wildman–Crippen MR) is 134 cm³/mol. The number of furan rings is 1. The number of carboxylic acids is 1. The van der Waals surface area contributed by atoms with Gasteiger partial charge in [-0.3, -0.25) is 19.3 Å². The second kappa shape index (κ2) is 11.5. The van der Waals surface area contributed by atoms with Crippen molar-refractivity contribution >= 4 is 91.7 Å². The van der Waals surface area contributed by atoms with Gasteiger partial charge in [0, 0.05) is 16.9 Å². The molecule has 0 spiro atoms. The first-order valence-corrected chi connectivity index (χ1v) is 12.5. The zero-order chi connectivity index (χ0) is 24.4. The SMILES string of the molecule is CO/N=C(\C(=O)N[C@@H]1C(=O)N2C(C(=O)O)=C(CSC(=O)c3ccco3)CS[C@H]12)c1csc(N)n1.[MgH2]. The van der Waals surface area contributed by atoms with Crippen LogP contribution in [0.5, 0.6) is 0 Å². The van der Waals surface area contributed by atoms with Crippen LogP contribution in [0.15, 0.2) is 44.6 Å². The van der Waals surface area contributed by atoms with Gasteiger partial charge < -0.3 is 25.4 Å². The molecule has 4 rings (SSSR count). The summed E-state index contributed by atoms with van der Waals surface area (Å²) >= 11 is 3.29. The van der Waals surface area contributed by atoms with Crippen molar-refractivity contribution in [3.05, 3.63) is 46.5 Å². The molecule has 2 aromatic heterocycles. The molecule has 4 N–H and O–H groups in total. The lowest BCUT2D eigenvalue weighted by molar-refractivity contribution is -0.150. The number of thioether (sulfide) groups is 2. The Bertz CT molecular complexity index is 1210. The number of hydrogen-bond donors (Lipinski definition) is 3. The van der Waals surface area contributed by atoms with E-state index in [4.69, 9.17) is 15.0 Å². The van der Waals surface area contributed by atoms with Crippen molar-refractivity contribution in [3.8, 4) is 0 Å². The fourth-order valence-electron chi connectivity index (χ4n) is 3.31. The van der Waals surface area contributed by atoms with E-state index in [1.165, 1.54) is 36.6 Å². The maximum Gasteiger partial charge on any atom is 0.352 e. The van der Waals surface area contributed by atoms with Crippen molar-refractivity contribution in [3.63, 3.8) is 0 Å². The molecule has 0 radical (unpaired) electrons. The van der Waals surface area contributed by atoms with Crippen LogP contribution in [0, 0.1) is 0 Å². The van der Waals surface area contributed by atoms with Gasteiger partial charge in [0.15, 0.2) is 16.6 Å². The lowest BCUT2D eigenvalue weighted by atomic mass is 10.0. The molecule has 4 heterocycles. The number of anilines is 1. The van der Waals surface area contributed by atoms with E-state index in [9.17, 15) is 24.3 Å². The normalized spacial score (nSPS) is 19.4. The Kier molecular flexibility index (Phi) is 8.87. The van der Waals surface area contributed by atoms with E-state index < -0.39 is 29.2 Å². The number of nitrogens with two attached hydrogens (primary N) is 1. The highest BCUT2D eigenvalue weighted by Crippen LogP contribution is 2.41. The molecule has 0 saturated carbocycles. The first-order chi connectivity index (χ1) is 16.3. The van der Waals surface area contributed by atoms with Gasteiger partial charge in [0.25, 0.3) is 16.9 Å². The van der Waals surface area contributed by atoms with Crippen molar-refractivity contribution in [2.24, 2.45) is 5.16 Å². The number of carbonyl (C=O) groups is 4. The summed E-state index contributed by atoms with van der Waals surface area (Å²) in [5, 5.41) is 16.8. The van der Waals surface area contributed by atoms with Crippen molar-refractivity contribution < 1.29 is 33.5 Å². The first kappa shape index (κ1) is 27.1. The van der Waals surface area contributed by atoms with Gasteiger partial charge in [0.1, 0.15) is 29.9 Å². The number of hydrogen-bond acceptors (Lipinski definition) is 12. The molecule has 2 aliphatic rings. The minimum absolute atomic E-state index is 0. The molecule has 0 bridgehead atoms. The fraction of sp³-hybridized carbons (Fsp3) is 0.263. The van der Waals surface area contributed by atoms with Crippen LogP contribution < -0.4 is 11.1 Å². The number of nitrogen functional groups attached to an aromatic ring is 1. The largest absolute Gasteiger partial charge is 0.477 e. The summed E-state index contributed by atoms with van der Waals surface area (Å²) < 4.78 is 5.05. The number of thiazole rings is 1. The van der Waals surface area contributed by atoms with Crippen molar-refractivity contribution in [2.45, 2.75) is 11.4 Å². The second-order valence-corrected chi connectivity index (χ2v) is 9.81. The number of aliphatic carboxylic acids is 1. The highest BCUT2D eigenvalue weighted by molar-refractivity contribution is 8.14. The monoisotopic (exact) mass is 549 g/mol. The molecular formula is C19H19MgN5O7S3. The number of aromatic nitrogens is 1. The third-order valence-corrected chi connectivity index (χ3v) is 7.77. The zero-order valence-corrected chi connectivity index (χ0v) is 19.9. The Morgan fingerprint density at radius 2 is 2.23 bits per heavy atom. The van der Waals surface area contributed by atoms with Crippen LogP contribution in [0.3, 0.4) is 0 Å². The molecule has 0 unspecified atom stereocenters. The quantitative estimate of drug-likeness (QED) is 0.175. The summed E-state index contributed by atoms with van der Waals surface area (Å²) in [4.78, 5) is 59.6. The topological polar surface area (TPSA) is 177 Å². The predicted octanol–water partition coefficient (Wildman–Crippen LogP) is 0.0648. The summed E-state index contributed by atoms with van der Waals surface area (Å²) in [6.07, 6.45) is 1.37. The Morgan fingerprint density at radius 1 is 1.46 bits per heavy atom. The van der Waals surface area contributed by atoms with Crippen LogP contribution in [0.1, 0.15) is 16.2 Å². The first-order valence-electron chi connectivity index (χ1n) is 9.55. The van der Waals surface area contributed by atoms with Crippen molar-refractivity contribution in [2.75, 3.05) is 24.3 Å². The Hall–Kier alpha value is -2.53. The summed E-state index contributed by atoms with van der Waals surface area (Å²) in [5.41, 5.74) is 5.89. The summed E-state index contributed by atoms with van der Waals surface area (Å²) in [6.45, 7) is 0. The molecule has 2 aromatic rings. The molecule has 1 fully saturated rings. The van der Waals surface area contributed by atoms with Crippen LogP contribution in [0.4, 0.5) is 5.13 Å². The molecular weight excluding hydrogens is 531 g/mol. The third-order valence-electron chi connectivity index (χ3n) is 4.80. The van der Waals surface area contributed by atoms with E-state index in [-0.39, 0.29) is 67.7 Å². The molecule has 1 saturated heterocycles. The average Bonchev–Trinajstić information content (AvgIpc) is 3.50. The lowest BCUT2D eigenvalue weighted by Gasteiger charge is -2.49. The van der Waals surface area contributed by atoms with E-state index in [0.717, 1.165) is 28.0 Å². The highest BCUT2D eigenvalue weighted by atomic mass is 32.2. The number of carboxylic acid groups (broad SMARTS) is 1. The maximum atomic E-state index is 12.8. The maximum absolute atomic E-state index is 12.8. The van der Waals surface area contributed by atoms with Gasteiger partial charge in [-0.2, -0.15) is 0 Å². The average molecular weight is 550 g/mol. The van der Waals surface area contributed by atoms with Gasteiger partial charge in [0.05, 0.1) is 6.26 Å². The number of rotatable bonds is 8. The molecule has 0 aliphatic carbocycles. The van der Waals surface area contributed by atoms with E-state index in [0.29, 0.717) is 5.57 Å². The molecule has 2 atom stereocenters. The van der Waals surface area contributed by atoms with Crippen LogP contribution in [-0.4, -0.2) is 96.7 Å².